The van der Waals surface area contributed by atoms with E-state index in [0.29, 0.717) is 18.7 Å². The van der Waals surface area contributed by atoms with E-state index in [4.69, 9.17) is 16.5 Å². The summed E-state index contributed by atoms with van der Waals surface area (Å²) in [6.45, 7) is 5.97. The van der Waals surface area contributed by atoms with Crippen LogP contribution in [0.15, 0.2) is 101 Å². The molecule has 1 saturated heterocycles. The lowest BCUT2D eigenvalue weighted by molar-refractivity contribution is 0.000661. The van der Waals surface area contributed by atoms with Gasteiger partial charge in [-0.2, -0.15) is 0 Å². The normalized spacial score (nSPS) is 23.1. The molecule has 7 nitrogen and oxygen atoms in total. The number of benzene rings is 1. The summed E-state index contributed by atoms with van der Waals surface area (Å²) in [6, 6.07) is 12.0. The van der Waals surface area contributed by atoms with Crippen molar-refractivity contribution in [2.75, 3.05) is 27.2 Å². The van der Waals surface area contributed by atoms with Crippen LogP contribution in [0.2, 0.25) is 0 Å². The van der Waals surface area contributed by atoms with Gasteiger partial charge in [-0.3, -0.25) is 9.98 Å². The maximum Gasteiger partial charge on any atom is 0.123 e. The molecule has 0 saturated carbocycles. The van der Waals surface area contributed by atoms with Crippen LogP contribution in [0.5, 0.6) is 0 Å². The highest BCUT2D eigenvalue weighted by Crippen LogP contribution is 2.52. The van der Waals surface area contributed by atoms with Crippen molar-refractivity contribution in [3.8, 4) is 0 Å². The van der Waals surface area contributed by atoms with Crippen LogP contribution in [0.3, 0.4) is 0 Å². The second kappa shape index (κ2) is 10.7. The van der Waals surface area contributed by atoms with Crippen molar-refractivity contribution < 1.29 is 4.39 Å². The minimum Gasteiger partial charge on any atom is -0.404 e. The van der Waals surface area contributed by atoms with Crippen LogP contribution in [0.4, 0.5) is 10.1 Å². The first-order chi connectivity index (χ1) is 17.4. The number of hydrogen-bond acceptors (Lipinski definition) is 7. The maximum atomic E-state index is 13.4. The molecule has 2 heterocycles. The zero-order valence-electron chi connectivity index (χ0n) is 20.7. The molecule has 1 unspecified atom stereocenters. The number of rotatable bonds is 6. The van der Waals surface area contributed by atoms with Gasteiger partial charge in [0.25, 0.3) is 0 Å². The molecule has 1 aromatic heterocycles. The second-order valence-electron chi connectivity index (χ2n) is 8.93. The number of aromatic nitrogens is 1. The number of fused-ring (bicyclic) bond motifs is 1. The molecular formula is C28H32FN7. The molecule has 4 rings (SSSR count). The minimum atomic E-state index is -0.447. The van der Waals surface area contributed by atoms with Crippen molar-refractivity contribution in [3.63, 3.8) is 0 Å². The van der Waals surface area contributed by atoms with Crippen LogP contribution in [0.1, 0.15) is 18.5 Å². The zero-order valence-corrected chi connectivity index (χ0v) is 20.7. The van der Waals surface area contributed by atoms with E-state index in [-0.39, 0.29) is 5.82 Å². The van der Waals surface area contributed by atoms with Crippen LogP contribution in [0, 0.1) is 11.2 Å². The maximum absolute atomic E-state index is 13.4. The predicted octanol–water partition coefficient (Wildman–Crippen LogP) is 4.22. The Kier molecular flexibility index (Phi) is 7.45. The summed E-state index contributed by atoms with van der Waals surface area (Å²) in [6.07, 6.45) is 10.2. The third-order valence-electron chi connectivity index (χ3n) is 6.90. The van der Waals surface area contributed by atoms with E-state index in [1.54, 1.807) is 44.0 Å². The molecule has 1 atom stereocenters. The minimum absolute atomic E-state index is 0.295. The van der Waals surface area contributed by atoms with E-state index in [0.717, 1.165) is 41.2 Å². The molecule has 4 N–H and O–H groups in total. The number of nitrogens with two attached hydrogens (primary N) is 2. The topological polar surface area (TPSA) is 96.1 Å². The zero-order chi connectivity index (χ0) is 25.7. The van der Waals surface area contributed by atoms with Crippen molar-refractivity contribution in [1.82, 2.24) is 15.0 Å². The lowest BCUT2D eigenvalue weighted by atomic mass is 9.62. The Labute approximate surface area is 211 Å². The highest BCUT2D eigenvalue weighted by atomic mass is 19.1. The molecule has 1 aromatic carbocycles. The number of pyridine rings is 1. The first kappa shape index (κ1) is 25.1. The third-order valence-corrected chi connectivity index (χ3v) is 6.90. The smallest absolute Gasteiger partial charge is 0.123 e. The Bertz CT molecular complexity index is 1260. The van der Waals surface area contributed by atoms with Crippen LogP contribution >= 0.6 is 0 Å². The van der Waals surface area contributed by atoms with Crippen LogP contribution in [-0.2, 0) is 0 Å². The Morgan fingerprint density at radius 1 is 1.22 bits per heavy atom. The molecule has 8 heteroatoms. The van der Waals surface area contributed by atoms with E-state index in [1.165, 1.54) is 17.7 Å². The number of aliphatic imine (C=N–C) groups is 2. The Morgan fingerprint density at radius 2 is 2.00 bits per heavy atom. The van der Waals surface area contributed by atoms with Crippen molar-refractivity contribution >= 4 is 23.2 Å². The van der Waals surface area contributed by atoms with Gasteiger partial charge in [0, 0.05) is 51.2 Å². The summed E-state index contributed by atoms with van der Waals surface area (Å²) in [5.41, 5.74) is 17.7. The van der Waals surface area contributed by atoms with Gasteiger partial charge in [0.1, 0.15) is 5.82 Å². The number of hydrazine groups is 1. The second-order valence-corrected chi connectivity index (χ2v) is 8.93. The monoisotopic (exact) mass is 485 g/mol. The molecule has 186 valence electrons. The summed E-state index contributed by atoms with van der Waals surface area (Å²) >= 11 is 0. The number of nitrogens with zero attached hydrogens (tertiary/aromatic N) is 5. The molecule has 0 bridgehead atoms. The van der Waals surface area contributed by atoms with Crippen molar-refractivity contribution in [2.24, 2.45) is 26.9 Å². The summed E-state index contributed by atoms with van der Waals surface area (Å²) in [7, 11) is 3.70. The quantitative estimate of drug-likeness (QED) is 0.598. The van der Waals surface area contributed by atoms with Crippen LogP contribution < -0.4 is 11.5 Å². The molecule has 1 fully saturated rings. The molecular weight excluding hydrogens is 453 g/mol. The third kappa shape index (κ3) is 4.85. The molecule has 1 aliphatic carbocycles. The van der Waals surface area contributed by atoms with E-state index in [2.05, 4.69) is 27.6 Å². The summed E-state index contributed by atoms with van der Waals surface area (Å²) < 4.78 is 13.4. The van der Waals surface area contributed by atoms with Crippen LogP contribution in [-0.4, -0.2) is 54.1 Å². The van der Waals surface area contributed by atoms with Gasteiger partial charge < -0.3 is 16.5 Å². The van der Waals surface area contributed by atoms with Crippen molar-refractivity contribution in [3.05, 3.63) is 102 Å². The van der Waals surface area contributed by atoms with Gasteiger partial charge in [-0.05, 0) is 72.7 Å². The average molecular weight is 486 g/mol. The Balaban J connectivity index is 1.80. The molecule has 0 spiro atoms. The standard InChI is InChI=1S/C28H32FN7/c1-20(26-6-4-5-12-33-26)28-15-21(16-30)27(34-24-9-7-23(29)8-10-24)14-22(28)11-13-36(19-28)35(3)25(17-31)18-32-2/h4-10,12,14,16-18H,1,11,13,15,19,30-31H2,2-3H3. The van der Waals surface area contributed by atoms with Gasteiger partial charge in [-0.15, -0.1) is 0 Å². The molecule has 2 aliphatic rings. The fourth-order valence-electron chi connectivity index (χ4n) is 4.91. The van der Waals surface area contributed by atoms with Gasteiger partial charge in [0.2, 0.25) is 0 Å². The number of allylic oxidation sites excluding steroid dienone is 3. The summed E-state index contributed by atoms with van der Waals surface area (Å²) in [5.74, 6) is -0.295. The first-order valence-corrected chi connectivity index (χ1v) is 11.8. The van der Waals surface area contributed by atoms with E-state index >= 15 is 0 Å². The van der Waals surface area contributed by atoms with E-state index < -0.39 is 5.41 Å². The number of hydrogen-bond donors (Lipinski definition) is 2. The highest BCUT2D eigenvalue weighted by molar-refractivity contribution is 6.11. The summed E-state index contributed by atoms with van der Waals surface area (Å²) in [5, 5.41) is 4.28. The van der Waals surface area contributed by atoms with Gasteiger partial charge in [-0.1, -0.05) is 18.2 Å². The van der Waals surface area contributed by atoms with Gasteiger partial charge in [0.15, 0.2) is 0 Å². The highest BCUT2D eigenvalue weighted by Gasteiger charge is 2.46. The van der Waals surface area contributed by atoms with Gasteiger partial charge >= 0.3 is 0 Å². The average Bonchev–Trinajstić information content (AvgIpc) is 2.92. The fourth-order valence-corrected chi connectivity index (χ4v) is 4.91. The molecule has 36 heavy (non-hydrogen) atoms. The number of piperidine rings is 1. The first-order valence-electron chi connectivity index (χ1n) is 11.8. The van der Waals surface area contributed by atoms with E-state index in [9.17, 15) is 4.39 Å². The molecule has 1 aliphatic heterocycles. The SMILES string of the molecule is C=C(c1ccccn1)C12CC(=CN)C(=Nc3ccc(F)cc3)C=C1CCN(N(C)C(C=NC)=CN)C2. The predicted molar refractivity (Wildman–Crippen MR) is 145 cm³/mol. The summed E-state index contributed by atoms with van der Waals surface area (Å²) in [4.78, 5) is 13.5. The molecule has 2 aromatic rings. The van der Waals surface area contributed by atoms with Crippen LogP contribution in [0.25, 0.3) is 5.57 Å². The van der Waals surface area contributed by atoms with Crippen molar-refractivity contribution in [2.45, 2.75) is 12.8 Å². The Hall–Kier alpha value is -4.04. The largest absolute Gasteiger partial charge is 0.404 e. The lowest BCUT2D eigenvalue weighted by Gasteiger charge is -2.50. The van der Waals surface area contributed by atoms with Gasteiger partial charge in [0.05, 0.1) is 22.8 Å². The molecule has 0 radical (unpaired) electrons. The molecule has 0 amide bonds. The number of halogens is 1. The van der Waals surface area contributed by atoms with Crippen molar-refractivity contribution in [1.29, 1.82) is 0 Å². The fraction of sp³-hybridized carbons (Fsp3) is 0.250. The Morgan fingerprint density at radius 3 is 2.64 bits per heavy atom. The van der Waals surface area contributed by atoms with E-state index in [1.807, 2.05) is 30.3 Å². The van der Waals surface area contributed by atoms with Gasteiger partial charge in [-0.25, -0.2) is 14.4 Å². The lowest BCUT2D eigenvalue weighted by Crippen LogP contribution is -2.53.